The third kappa shape index (κ3) is 4.58. The van der Waals surface area contributed by atoms with Crippen LogP contribution in [0.15, 0.2) is 48.5 Å². The summed E-state index contributed by atoms with van der Waals surface area (Å²) in [6.45, 7) is 1.57. The predicted octanol–water partition coefficient (Wildman–Crippen LogP) is 3.28. The summed E-state index contributed by atoms with van der Waals surface area (Å²) in [7, 11) is 1.67. The van der Waals surface area contributed by atoms with Gasteiger partial charge in [-0.25, -0.2) is 0 Å². The van der Waals surface area contributed by atoms with E-state index < -0.39 is 0 Å². The second-order valence-corrected chi connectivity index (χ2v) is 4.26. The van der Waals surface area contributed by atoms with Crippen molar-refractivity contribution in [3.8, 4) is 11.8 Å². The van der Waals surface area contributed by atoms with E-state index in [0.717, 1.165) is 18.8 Å². The highest BCUT2D eigenvalue weighted by atomic mass is 35.5. The van der Waals surface area contributed by atoms with E-state index in [1.54, 1.807) is 7.11 Å². The Bertz CT molecular complexity index is 576. The summed E-state index contributed by atoms with van der Waals surface area (Å²) >= 11 is 0. The Labute approximate surface area is 125 Å². The first-order chi connectivity index (χ1) is 9.31. The van der Waals surface area contributed by atoms with E-state index in [0.29, 0.717) is 5.56 Å². The van der Waals surface area contributed by atoms with Gasteiger partial charge in [0.25, 0.3) is 0 Å². The second-order valence-electron chi connectivity index (χ2n) is 4.26. The van der Waals surface area contributed by atoms with Crippen molar-refractivity contribution in [2.45, 2.75) is 13.1 Å². The molecule has 2 aromatic carbocycles. The van der Waals surface area contributed by atoms with Crippen LogP contribution in [-0.4, -0.2) is 7.11 Å². The van der Waals surface area contributed by atoms with Crippen LogP contribution in [0.3, 0.4) is 0 Å². The molecule has 0 aliphatic carbocycles. The standard InChI is InChI=1S/C16H16N2O.ClH/c1-19-16-4-2-3-15(9-16)12-18-11-14-7-5-13(10-17)6-8-14;/h2-9,18H,11-12H2,1H3;1H. The zero-order chi connectivity index (χ0) is 13.5. The molecule has 104 valence electrons. The molecule has 1 N–H and O–H groups in total. The molecule has 0 bridgehead atoms. The van der Waals surface area contributed by atoms with Crippen LogP contribution < -0.4 is 10.1 Å². The van der Waals surface area contributed by atoms with Crippen molar-refractivity contribution >= 4 is 12.4 Å². The van der Waals surface area contributed by atoms with Crippen LogP contribution in [0, 0.1) is 11.3 Å². The largest absolute Gasteiger partial charge is 0.497 e. The highest BCUT2D eigenvalue weighted by Gasteiger charge is 1.97. The summed E-state index contributed by atoms with van der Waals surface area (Å²) in [6, 6.07) is 17.7. The number of benzene rings is 2. The summed E-state index contributed by atoms with van der Waals surface area (Å²) in [4.78, 5) is 0. The number of nitriles is 1. The van der Waals surface area contributed by atoms with Gasteiger partial charge >= 0.3 is 0 Å². The first-order valence-electron chi connectivity index (χ1n) is 6.14. The molecule has 3 nitrogen and oxygen atoms in total. The van der Waals surface area contributed by atoms with Crippen LogP contribution in [0.25, 0.3) is 0 Å². The minimum Gasteiger partial charge on any atom is -0.497 e. The van der Waals surface area contributed by atoms with Crippen LogP contribution >= 0.6 is 12.4 Å². The van der Waals surface area contributed by atoms with Gasteiger partial charge in [0.15, 0.2) is 0 Å². The molecule has 0 radical (unpaired) electrons. The molecule has 0 aromatic heterocycles. The number of nitrogens with one attached hydrogen (secondary N) is 1. The van der Waals surface area contributed by atoms with Gasteiger partial charge in [-0.1, -0.05) is 24.3 Å². The van der Waals surface area contributed by atoms with Crippen molar-refractivity contribution in [2.75, 3.05) is 7.11 Å². The van der Waals surface area contributed by atoms with Crippen LogP contribution in [0.1, 0.15) is 16.7 Å². The monoisotopic (exact) mass is 288 g/mol. The number of hydrogen-bond acceptors (Lipinski definition) is 3. The average molecular weight is 289 g/mol. The summed E-state index contributed by atoms with van der Waals surface area (Å²) in [5.41, 5.74) is 3.05. The zero-order valence-corrected chi connectivity index (χ0v) is 12.1. The summed E-state index contributed by atoms with van der Waals surface area (Å²) in [6.07, 6.45) is 0. The van der Waals surface area contributed by atoms with E-state index in [1.165, 1.54) is 11.1 Å². The quantitative estimate of drug-likeness (QED) is 0.918. The molecule has 0 amide bonds. The minimum absolute atomic E-state index is 0. The zero-order valence-electron chi connectivity index (χ0n) is 11.3. The maximum Gasteiger partial charge on any atom is 0.119 e. The number of hydrogen-bond donors (Lipinski definition) is 1. The smallest absolute Gasteiger partial charge is 0.119 e. The van der Waals surface area contributed by atoms with Gasteiger partial charge in [0.2, 0.25) is 0 Å². The Morgan fingerprint density at radius 1 is 1.05 bits per heavy atom. The van der Waals surface area contributed by atoms with Gasteiger partial charge in [0, 0.05) is 13.1 Å². The van der Waals surface area contributed by atoms with Crippen molar-refractivity contribution in [1.82, 2.24) is 5.32 Å². The van der Waals surface area contributed by atoms with Gasteiger partial charge in [-0.15, -0.1) is 12.4 Å². The maximum absolute atomic E-state index is 8.73. The summed E-state index contributed by atoms with van der Waals surface area (Å²) in [5.74, 6) is 0.873. The Morgan fingerprint density at radius 2 is 1.75 bits per heavy atom. The van der Waals surface area contributed by atoms with Crippen molar-refractivity contribution in [3.63, 3.8) is 0 Å². The SMILES string of the molecule is COc1cccc(CNCc2ccc(C#N)cc2)c1.Cl. The molecular weight excluding hydrogens is 272 g/mol. The molecule has 0 saturated carbocycles. The average Bonchev–Trinajstić information content (AvgIpc) is 2.48. The van der Waals surface area contributed by atoms with Crippen LogP contribution in [-0.2, 0) is 13.1 Å². The molecule has 20 heavy (non-hydrogen) atoms. The van der Waals surface area contributed by atoms with Crippen molar-refractivity contribution in [3.05, 3.63) is 65.2 Å². The summed E-state index contributed by atoms with van der Waals surface area (Å²) < 4.78 is 5.19. The highest BCUT2D eigenvalue weighted by molar-refractivity contribution is 5.85. The lowest BCUT2D eigenvalue weighted by Crippen LogP contribution is -2.12. The van der Waals surface area contributed by atoms with E-state index in [4.69, 9.17) is 10.00 Å². The molecule has 0 atom stereocenters. The predicted molar refractivity (Wildman–Crippen MR) is 81.9 cm³/mol. The molecule has 0 spiro atoms. The number of nitrogens with zero attached hydrogens (tertiary/aromatic N) is 1. The molecular formula is C16H17ClN2O. The van der Waals surface area contributed by atoms with E-state index >= 15 is 0 Å². The highest BCUT2D eigenvalue weighted by Crippen LogP contribution is 2.12. The normalized spacial score (nSPS) is 9.40. The lowest BCUT2D eigenvalue weighted by atomic mass is 10.1. The fourth-order valence-corrected chi connectivity index (χ4v) is 1.83. The third-order valence-electron chi connectivity index (χ3n) is 2.88. The summed E-state index contributed by atoms with van der Waals surface area (Å²) in [5, 5.41) is 12.1. The maximum atomic E-state index is 8.73. The van der Waals surface area contributed by atoms with E-state index in [-0.39, 0.29) is 12.4 Å². The van der Waals surface area contributed by atoms with Gasteiger partial charge in [0.05, 0.1) is 18.7 Å². The Kier molecular flexibility index (Phi) is 6.58. The molecule has 0 fully saturated rings. The fraction of sp³-hybridized carbons (Fsp3) is 0.188. The van der Waals surface area contributed by atoms with Crippen LogP contribution in [0.5, 0.6) is 5.75 Å². The third-order valence-corrected chi connectivity index (χ3v) is 2.88. The van der Waals surface area contributed by atoms with Gasteiger partial charge in [0.1, 0.15) is 5.75 Å². The molecule has 0 heterocycles. The number of halogens is 1. The lowest BCUT2D eigenvalue weighted by molar-refractivity contribution is 0.414. The Balaban J connectivity index is 0.00000200. The number of ether oxygens (including phenoxy) is 1. The second kappa shape index (κ2) is 8.21. The van der Waals surface area contributed by atoms with E-state index in [9.17, 15) is 0 Å². The molecule has 0 aliphatic heterocycles. The molecule has 2 aromatic rings. The minimum atomic E-state index is 0. The van der Waals surface area contributed by atoms with Gasteiger partial charge in [-0.05, 0) is 35.4 Å². The molecule has 0 aliphatic rings. The van der Waals surface area contributed by atoms with Gasteiger partial charge in [-0.2, -0.15) is 5.26 Å². The molecule has 0 saturated heterocycles. The fourth-order valence-electron chi connectivity index (χ4n) is 1.83. The Hall–Kier alpha value is -2.02. The topological polar surface area (TPSA) is 45.0 Å². The molecule has 0 unspecified atom stereocenters. The first-order valence-corrected chi connectivity index (χ1v) is 6.14. The van der Waals surface area contributed by atoms with Crippen molar-refractivity contribution < 1.29 is 4.74 Å². The molecule has 4 heteroatoms. The van der Waals surface area contributed by atoms with Gasteiger partial charge < -0.3 is 10.1 Å². The van der Waals surface area contributed by atoms with Crippen LogP contribution in [0.2, 0.25) is 0 Å². The number of methoxy groups -OCH3 is 1. The van der Waals surface area contributed by atoms with Gasteiger partial charge in [-0.3, -0.25) is 0 Å². The van der Waals surface area contributed by atoms with Crippen molar-refractivity contribution in [2.24, 2.45) is 0 Å². The Morgan fingerprint density at radius 3 is 2.40 bits per heavy atom. The first kappa shape index (κ1) is 16.0. The molecule has 2 rings (SSSR count). The van der Waals surface area contributed by atoms with E-state index in [1.807, 2.05) is 42.5 Å². The van der Waals surface area contributed by atoms with Crippen molar-refractivity contribution in [1.29, 1.82) is 5.26 Å². The van der Waals surface area contributed by atoms with E-state index in [2.05, 4.69) is 17.5 Å². The lowest BCUT2D eigenvalue weighted by Gasteiger charge is -2.07. The number of rotatable bonds is 5. The van der Waals surface area contributed by atoms with Crippen LogP contribution in [0.4, 0.5) is 0 Å².